The molecule has 7 nitrogen and oxygen atoms in total. The Labute approximate surface area is 283 Å². The van der Waals surface area contributed by atoms with Gasteiger partial charge in [0.1, 0.15) is 6.04 Å². The van der Waals surface area contributed by atoms with E-state index < -0.39 is 48.1 Å². The molecule has 0 unspecified atom stereocenters. The minimum absolute atomic E-state index is 0.0733. The summed E-state index contributed by atoms with van der Waals surface area (Å²) in [6.07, 6.45) is -3.42. The lowest BCUT2D eigenvalue weighted by atomic mass is 9.83. The smallest absolute Gasteiger partial charge is 0.416 e. The number of likely N-dealkylation sites (tertiary alicyclic amines) is 2. The molecule has 5 rings (SSSR count). The first kappa shape index (κ1) is 36.9. The SMILES string of the molecule is CCN(C(=O)NCc1cc(C(F)(F)F)cc(C(F)(F)F)c1)C1CCN(C[C@H]2CN([C@@H](C(=O)O)C3CCCCC3)C[C@@H]2c2ccccc2)CC1. The molecule has 2 aliphatic heterocycles. The summed E-state index contributed by atoms with van der Waals surface area (Å²) in [5.41, 5.74) is -1.92. The summed E-state index contributed by atoms with van der Waals surface area (Å²) in [5, 5.41) is 12.8. The second-order valence-corrected chi connectivity index (χ2v) is 13.8. The van der Waals surface area contributed by atoms with Gasteiger partial charge in [-0.3, -0.25) is 9.69 Å². The Morgan fingerprint density at radius 1 is 0.898 bits per heavy atom. The molecule has 270 valence electrons. The number of hydrogen-bond acceptors (Lipinski definition) is 4. The number of halogens is 6. The van der Waals surface area contributed by atoms with Gasteiger partial charge in [0.2, 0.25) is 0 Å². The molecule has 2 aromatic rings. The third kappa shape index (κ3) is 9.27. The molecule has 2 N–H and O–H groups in total. The number of carbonyl (C=O) groups is 2. The van der Waals surface area contributed by atoms with Crippen LogP contribution in [0.2, 0.25) is 0 Å². The molecule has 0 aromatic heterocycles. The van der Waals surface area contributed by atoms with Crippen LogP contribution in [0.5, 0.6) is 0 Å². The maximum Gasteiger partial charge on any atom is 0.416 e. The van der Waals surface area contributed by atoms with E-state index in [4.69, 9.17) is 0 Å². The first-order chi connectivity index (χ1) is 23.2. The largest absolute Gasteiger partial charge is 0.480 e. The number of hydrogen-bond donors (Lipinski definition) is 2. The van der Waals surface area contributed by atoms with Crippen LogP contribution in [0, 0.1) is 11.8 Å². The molecule has 1 aliphatic carbocycles. The lowest BCUT2D eigenvalue weighted by Crippen LogP contribution is -2.51. The van der Waals surface area contributed by atoms with E-state index in [1.54, 1.807) is 11.8 Å². The lowest BCUT2D eigenvalue weighted by Gasteiger charge is -2.39. The monoisotopic (exact) mass is 696 g/mol. The van der Waals surface area contributed by atoms with Crippen LogP contribution in [0.25, 0.3) is 0 Å². The minimum atomic E-state index is -4.96. The van der Waals surface area contributed by atoms with Gasteiger partial charge in [0, 0.05) is 57.8 Å². The first-order valence-electron chi connectivity index (χ1n) is 17.3. The van der Waals surface area contributed by atoms with Gasteiger partial charge in [-0.15, -0.1) is 0 Å². The zero-order valence-electron chi connectivity index (χ0n) is 27.8. The summed E-state index contributed by atoms with van der Waals surface area (Å²) < 4.78 is 79.8. The molecule has 0 bridgehead atoms. The summed E-state index contributed by atoms with van der Waals surface area (Å²) >= 11 is 0. The molecule has 0 spiro atoms. The van der Waals surface area contributed by atoms with Crippen LogP contribution in [-0.2, 0) is 23.7 Å². The second-order valence-electron chi connectivity index (χ2n) is 13.8. The standard InChI is InChI=1S/C36H46F6N4O3/c1-2-46(34(49)43-20-24-17-28(35(37,38)39)19-29(18-24)36(40,41)42)30-13-15-44(16-14-30)21-27-22-45(23-31(27)25-9-5-3-6-10-25)32(33(47)48)26-11-7-4-8-12-26/h3,5-6,9-10,17-19,26-27,30-32H,2,4,7-8,11-16,20-23H2,1H3,(H,43,49)(H,47,48)/t27-,31+,32+/m0/s1. The van der Waals surface area contributed by atoms with E-state index in [-0.39, 0.29) is 35.4 Å². The van der Waals surface area contributed by atoms with Gasteiger partial charge in [0.05, 0.1) is 11.1 Å². The van der Waals surface area contributed by atoms with Gasteiger partial charge in [-0.05, 0) is 73.8 Å². The fraction of sp³-hybridized carbons (Fsp3) is 0.611. The first-order valence-corrected chi connectivity index (χ1v) is 17.3. The second kappa shape index (κ2) is 15.7. The van der Waals surface area contributed by atoms with Crippen molar-refractivity contribution < 1.29 is 41.0 Å². The van der Waals surface area contributed by atoms with Crippen molar-refractivity contribution in [2.45, 2.75) is 88.8 Å². The number of carboxylic acid groups (broad SMARTS) is 1. The van der Waals surface area contributed by atoms with Gasteiger partial charge in [-0.25, -0.2) is 4.79 Å². The Morgan fingerprint density at radius 3 is 2.06 bits per heavy atom. The molecule has 13 heteroatoms. The molecule has 2 saturated heterocycles. The number of carbonyl (C=O) groups excluding carboxylic acids is 1. The molecule has 3 fully saturated rings. The van der Waals surface area contributed by atoms with Crippen LogP contribution in [0.15, 0.2) is 48.5 Å². The molecular formula is C36H46F6N4O3. The Kier molecular flexibility index (Phi) is 11.8. The summed E-state index contributed by atoms with van der Waals surface area (Å²) in [4.78, 5) is 31.9. The highest BCUT2D eigenvalue weighted by atomic mass is 19.4. The van der Waals surface area contributed by atoms with Crippen LogP contribution in [-0.4, -0.2) is 83.2 Å². The maximum absolute atomic E-state index is 13.3. The molecule has 1 saturated carbocycles. The average Bonchev–Trinajstić information content (AvgIpc) is 3.47. The van der Waals surface area contributed by atoms with Crippen molar-refractivity contribution in [1.29, 1.82) is 0 Å². The molecule has 3 aliphatic rings. The molecule has 3 atom stereocenters. The Hall–Kier alpha value is -3.32. The fourth-order valence-electron chi connectivity index (χ4n) is 8.21. The van der Waals surface area contributed by atoms with Crippen molar-refractivity contribution in [3.63, 3.8) is 0 Å². The summed E-state index contributed by atoms with van der Waals surface area (Å²) in [6, 6.07) is 10.4. The van der Waals surface area contributed by atoms with E-state index in [0.29, 0.717) is 57.7 Å². The molecule has 2 amide bonds. The summed E-state index contributed by atoms with van der Waals surface area (Å²) in [6.45, 7) is 5.24. The number of carboxylic acids is 1. The Bertz CT molecular complexity index is 1380. The molecule has 2 heterocycles. The van der Waals surface area contributed by atoms with Crippen molar-refractivity contribution in [3.8, 4) is 0 Å². The number of nitrogens with zero attached hydrogens (tertiary/aromatic N) is 3. The highest BCUT2D eigenvalue weighted by Crippen LogP contribution is 2.39. The zero-order chi connectivity index (χ0) is 35.3. The predicted molar refractivity (Wildman–Crippen MR) is 173 cm³/mol. The van der Waals surface area contributed by atoms with Crippen LogP contribution in [0.1, 0.15) is 80.0 Å². The normalized spacial score (nSPS) is 22.6. The highest BCUT2D eigenvalue weighted by Gasteiger charge is 2.43. The highest BCUT2D eigenvalue weighted by molar-refractivity contribution is 5.75. The number of alkyl halides is 6. The van der Waals surface area contributed by atoms with Crippen LogP contribution in [0.3, 0.4) is 0 Å². The Balaban J connectivity index is 1.20. The number of rotatable bonds is 10. The van der Waals surface area contributed by atoms with Crippen molar-refractivity contribution in [2.75, 3.05) is 39.3 Å². The number of piperidine rings is 1. The zero-order valence-corrected chi connectivity index (χ0v) is 27.8. The van der Waals surface area contributed by atoms with Crippen LogP contribution >= 0.6 is 0 Å². The summed E-state index contributed by atoms with van der Waals surface area (Å²) in [5.74, 6) is -0.171. The molecule has 49 heavy (non-hydrogen) atoms. The number of aliphatic carboxylic acids is 1. The van der Waals surface area contributed by atoms with E-state index in [1.807, 2.05) is 18.2 Å². The van der Waals surface area contributed by atoms with Crippen molar-refractivity contribution in [1.82, 2.24) is 20.0 Å². The third-order valence-electron chi connectivity index (χ3n) is 10.6. The van der Waals surface area contributed by atoms with Gasteiger partial charge in [-0.1, -0.05) is 49.6 Å². The van der Waals surface area contributed by atoms with E-state index in [2.05, 4.69) is 27.2 Å². The average molecular weight is 697 g/mol. The van der Waals surface area contributed by atoms with Crippen molar-refractivity contribution in [2.24, 2.45) is 11.8 Å². The number of benzene rings is 2. The molecule has 2 aromatic carbocycles. The minimum Gasteiger partial charge on any atom is -0.480 e. The summed E-state index contributed by atoms with van der Waals surface area (Å²) in [7, 11) is 0. The lowest BCUT2D eigenvalue weighted by molar-refractivity contribution is -0.146. The number of urea groups is 1. The van der Waals surface area contributed by atoms with Gasteiger partial charge in [0.15, 0.2) is 0 Å². The van der Waals surface area contributed by atoms with Crippen LogP contribution < -0.4 is 5.32 Å². The number of nitrogens with one attached hydrogen (secondary N) is 1. The van der Waals surface area contributed by atoms with Crippen molar-refractivity contribution in [3.05, 3.63) is 70.8 Å². The van der Waals surface area contributed by atoms with Gasteiger partial charge in [-0.2, -0.15) is 26.3 Å². The van der Waals surface area contributed by atoms with E-state index in [1.165, 1.54) is 5.56 Å². The Morgan fingerprint density at radius 2 is 1.51 bits per heavy atom. The third-order valence-corrected chi connectivity index (χ3v) is 10.6. The van der Waals surface area contributed by atoms with Crippen LogP contribution in [0.4, 0.5) is 31.1 Å². The molecular weight excluding hydrogens is 650 g/mol. The van der Waals surface area contributed by atoms with Gasteiger partial charge < -0.3 is 20.2 Å². The van der Waals surface area contributed by atoms with Crippen molar-refractivity contribution >= 4 is 12.0 Å². The van der Waals surface area contributed by atoms with Gasteiger partial charge in [0.25, 0.3) is 0 Å². The maximum atomic E-state index is 13.3. The van der Waals surface area contributed by atoms with Gasteiger partial charge >= 0.3 is 24.4 Å². The van der Waals surface area contributed by atoms with E-state index in [0.717, 1.165) is 38.6 Å². The van der Waals surface area contributed by atoms with E-state index in [9.17, 15) is 41.0 Å². The van der Waals surface area contributed by atoms with E-state index >= 15 is 0 Å². The quantitative estimate of drug-likeness (QED) is 0.252. The topological polar surface area (TPSA) is 76.1 Å². The number of amides is 2. The fourth-order valence-corrected chi connectivity index (χ4v) is 8.21. The predicted octanol–water partition coefficient (Wildman–Crippen LogP) is 7.47. The molecule has 0 radical (unpaired) electrons.